The van der Waals surface area contributed by atoms with Crippen LogP contribution < -0.4 is 5.36 Å². The molecule has 0 spiro atoms. The van der Waals surface area contributed by atoms with Gasteiger partial charge in [-0.25, -0.2) is 0 Å². The third-order valence-electron chi connectivity index (χ3n) is 5.39. The van der Waals surface area contributed by atoms with Gasteiger partial charge in [0.2, 0.25) is 0 Å². The van der Waals surface area contributed by atoms with Crippen LogP contribution in [0.1, 0.15) is 89.5 Å². The van der Waals surface area contributed by atoms with Crippen molar-refractivity contribution in [1.29, 1.82) is 0 Å². The van der Waals surface area contributed by atoms with Crippen LogP contribution in [0.5, 0.6) is 0 Å². The molecular weight excluding hydrogens is 340 g/mol. The van der Waals surface area contributed by atoms with Crippen LogP contribution in [0.25, 0.3) is 0 Å². The molecule has 1 aromatic carbocycles. The fraction of sp³-hybridized carbons (Fsp3) is 0.577. The van der Waals surface area contributed by atoms with Crippen molar-refractivity contribution < 1.29 is 0 Å². The molecule has 0 unspecified atom stereocenters. The van der Waals surface area contributed by atoms with Crippen LogP contribution >= 0.6 is 0 Å². The standard InChI is InChI=1S/C26H40N2/c1-2-3-4-5-6-7-8-9-10-11-12-16-21-27-26-19-22-28(23-20-26)24-25-17-14-13-15-18-25/h13-15,17-20,22-23H,2-12,16,21,24H2,1H3. The Labute approximate surface area is 172 Å². The summed E-state index contributed by atoms with van der Waals surface area (Å²) >= 11 is 0. The SMILES string of the molecule is CCCCCCCCCCCCCCN=c1ccn(Cc2ccccc2)cc1. The zero-order chi connectivity index (χ0) is 19.7. The maximum atomic E-state index is 4.72. The van der Waals surface area contributed by atoms with E-state index in [9.17, 15) is 0 Å². The minimum Gasteiger partial charge on any atom is -0.350 e. The Morgan fingerprint density at radius 1 is 0.643 bits per heavy atom. The van der Waals surface area contributed by atoms with Gasteiger partial charge >= 0.3 is 0 Å². The molecule has 2 nitrogen and oxygen atoms in total. The lowest BCUT2D eigenvalue weighted by atomic mass is 10.1. The summed E-state index contributed by atoms with van der Waals surface area (Å²) in [5.41, 5.74) is 1.33. The predicted octanol–water partition coefficient (Wildman–Crippen LogP) is 7.14. The van der Waals surface area contributed by atoms with Crippen molar-refractivity contribution in [3.8, 4) is 0 Å². The van der Waals surface area contributed by atoms with Crippen molar-refractivity contribution in [2.75, 3.05) is 6.54 Å². The first kappa shape index (κ1) is 22.5. The average molecular weight is 381 g/mol. The molecule has 0 saturated heterocycles. The topological polar surface area (TPSA) is 17.3 Å². The smallest absolute Gasteiger partial charge is 0.0603 e. The van der Waals surface area contributed by atoms with Gasteiger partial charge in [-0.3, -0.25) is 4.99 Å². The molecule has 0 fully saturated rings. The van der Waals surface area contributed by atoms with Crippen molar-refractivity contribution in [2.45, 2.75) is 90.5 Å². The van der Waals surface area contributed by atoms with Crippen LogP contribution in [0.4, 0.5) is 0 Å². The summed E-state index contributed by atoms with van der Waals surface area (Å²) in [5.74, 6) is 0. The van der Waals surface area contributed by atoms with Crippen LogP contribution in [0.3, 0.4) is 0 Å². The summed E-state index contributed by atoms with van der Waals surface area (Å²) in [5, 5.41) is 1.10. The maximum absolute atomic E-state index is 4.72. The van der Waals surface area contributed by atoms with Gasteiger partial charge in [-0.05, 0) is 24.1 Å². The van der Waals surface area contributed by atoms with E-state index >= 15 is 0 Å². The quantitative estimate of drug-likeness (QED) is 0.292. The minimum atomic E-state index is 0.917. The van der Waals surface area contributed by atoms with Crippen LogP contribution in [-0.4, -0.2) is 11.1 Å². The molecule has 0 N–H and O–H groups in total. The van der Waals surface area contributed by atoms with Gasteiger partial charge in [0.1, 0.15) is 0 Å². The Morgan fingerprint density at radius 3 is 1.75 bits per heavy atom. The molecule has 0 aliphatic carbocycles. The highest BCUT2D eigenvalue weighted by Gasteiger charge is 1.94. The van der Waals surface area contributed by atoms with Gasteiger partial charge in [0.25, 0.3) is 0 Å². The van der Waals surface area contributed by atoms with Crippen molar-refractivity contribution in [3.63, 3.8) is 0 Å². The Hall–Kier alpha value is -1.83. The predicted molar refractivity (Wildman–Crippen MR) is 121 cm³/mol. The fourth-order valence-electron chi connectivity index (χ4n) is 3.62. The van der Waals surface area contributed by atoms with E-state index in [1.807, 2.05) is 0 Å². The first-order valence-electron chi connectivity index (χ1n) is 11.6. The molecule has 2 heteroatoms. The van der Waals surface area contributed by atoms with E-state index in [0.29, 0.717) is 0 Å². The van der Waals surface area contributed by atoms with Gasteiger partial charge < -0.3 is 4.57 Å². The number of hydrogen-bond donors (Lipinski definition) is 0. The molecule has 0 amide bonds. The van der Waals surface area contributed by atoms with Gasteiger partial charge in [0.15, 0.2) is 0 Å². The minimum absolute atomic E-state index is 0.917. The monoisotopic (exact) mass is 380 g/mol. The Bertz CT molecular complexity index is 652. The highest BCUT2D eigenvalue weighted by molar-refractivity contribution is 5.15. The molecule has 154 valence electrons. The van der Waals surface area contributed by atoms with E-state index in [1.165, 1.54) is 82.6 Å². The Kier molecular flexibility index (Phi) is 12.1. The van der Waals surface area contributed by atoms with Crippen LogP contribution in [0.2, 0.25) is 0 Å². The van der Waals surface area contributed by atoms with Gasteiger partial charge in [0.05, 0.1) is 5.36 Å². The molecule has 0 bridgehead atoms. The molecule has 0 atom stereocenters. The van der Waals surface area contributed by atoms with Crippen molar-refractivity contribution >= 4 is 0 Å². The van der Waals surface area contributed by atoms with E-state index in [2.05, 4.69) is 66.3 Å². The largest absolute Gasteiger partial charge is 0.350 e. The highest BCUT2D eigenvalue weighted by atomic mass is 14.9. The maximum Gasteiger partial charge on any atom is 0.0603 e. The van der Waals surface area contributed by atoms with Crippen molar-refractivity contribution in [1.82, 2.24) is 4.57 Å². The lowest BCUT2D eigenvalue weighted by molar-refractivity contribution is 0.545. The summed E-state index contributed by atoms with van der Waals surface area (Å²) in [6, 6.07) is 14.8. The average Bonchev–Trinajstić information content (AvgIpc) is 2.73. The molecule has 28 heavy (non-hydrogen) atoms. The van der Waals surface area contributed by atoms with Crippen LogP contribution in [-0.2, 0) is 6.54 Å². The van der Waals surface area contributed by atoms with Gasteiger partial charge in [-0.15, -0.1) is 0 Å². The summed E-state index contributed by atoms with van der Waals surface area (Å²) in [6.45, 7) is 4.16. The molecule has 1 heterocycles. The van der Waals surface area contributed by atoms with E-state index in [4.69, 9.17) is 4.99 Å². The van der Waals surface area contributed by atoms with Gasteiger partial charge in [-0.2, -0.15) is 0 Å². The van der Waals surface area contributed by atoms with Crippen molar-refractivity contribution in [3.05, 3.63) is 65.8 Å². The fourth-order valence-corrected chi connectivity index (χ4v) is 3.62. The number of pyridine rings is 1. The molecule has 0 aliphatic heterocycles. The number of benzene rings is 1. The number of rotatable bonds is 15. The third kappa shape index (κ3) is 10.5. The zero-order valence-corrected chi connectivity index (χ0v) is 18.0. The number of nitrogens with zero attached hydrogens (tertiary/aromatic N) is 2. The summed E-state index contributed by atoms with van der Waals surface area (Å²) in [7, 11) is 0. The van der Waals surface area contributed by atoms with Gasteiger partial charge in [0, 0.05) is 25.5 Å². The van der Waals surface area contributed by atoms with Crippen LogP contribution in [0, 0.1) is 0 Å². The van der Waals surface area contributed by atoms with Gasteiger partial charge in [-0.1, -0.05) is 108 Å². The summed E-state index contributed by atoms with van der Waals surface area (Å²) < 4.78 is 2.21. The molecule has 0 aliphatic rings. The normalized spacial score (nSPS) is 10.9. The van der Waals surface area contributed by atoms with Crippen LogP contribution in [0.15, 0.2) is 59.9 Å². The number of unbranched alkanes of at least 4 members (excludes halogenated alkanes) is 11. The summed E-state index contributed by atoms with van der Waals surface area (Å²) in [4.78, 5) is 4.72. The molecule has 0 saturated carbocycles. The second kappa shape index (κ2) is 15.1. The second-order valence-corrected chi connectivity index (χ2v) is 7.99. The second-order valence-electron chi connectivity index (χ2n) is 7.99. The molecule has 2 aromatic rings. The summed E-state index contributed by atoms with van der Waals surface area (Å²) in [6.07, 6.45) is 21.0. The number of hydrogen-bond acceptors (Lipinski definition) is 1. The Balaban J connectivity index is 1.49. The molecule has 0 radical (unpaired) electrons. The zero-order valence-electron chi connectivity index (χ0n) is 18.0. The highest BCUT2D eigenvalue weighted by Crippen LogP contribution is 2.11. The van der Waals surface area contributed by atoms with E-state index < -0.39 is 0 Å². The van der Waals surface area contributed by atoms with E-state index in [1.54, 1.807) is 0 Å². The van der Waals surface area contributed by atoms with E-state index in [-0.39, 0.29) is 0 Å². The lowest BCUT2D eigenvalue weighted by Crippen LogP contribution is -2.07. The molecule has 2 rings (SSSR count). The number of aromatic nitrogens is 1. The van der Waals surface area contributed by atoms with Crippen molar-refractivity contribution in [2.24, 2.45) is 4.99 Å². The molecular formula is C26H40N2. The lowest BCUT2D eigenvalue weighted by Gasteiger charge is -2.05. The first-order chi connectivity index (χ1) is 13.9. The first-order valence-corrected chi connectivity index (χ1v) is 11.6. The Morgan fingerprint density at radius 2 is 1.18 bits per heavy atom. The third-order valence-corrected chi connectivity index (χ3v) is 5.39. The van der Waals surface area contributed by atoms with E-state index in [0.717, 1.165) is 18.4 Å². The molecule has 1 aromatic heterocycles.